The first kappa shape index (κ1) is 38.8. The Balaban J connectivity index is 1.01. The van der Waals surface area contributed by atoms with Crippen LogP contribution in [0.25, 0.3) is 44.4 Å². The molecule has 0 spiro atoms. The smallest absolute Gasteiger partial charge is 0.407 e. The van der Waals surface area contributed by atoms with Gasteiger partial charge in [0.2, 0.25) is 5.91 Å². The molecule has 1 aliphatic heterocycles. The Bertz CT molecular complexity index is 2360. The van der Waals surface area contributed by atoms with Gasteiger partial charge in [0.25, 0.3) is 5.91 Å². The molecule has 294 valence electrons. The average molecular weight is 789 g/mol. The quantitative estimate of drug-likeness (QED) is 0.0950. The Morgan fingerprint density at radius 3 is 2.28 bits per heavy atom. The second-order valence-electron chi connectivity index (χ2n) is 13.8. The lowest BCUT2D eigenvalue weighted by Gasteiger charge is -2.28. The minimum absolute atomic E-state index is 0.149. The predicted molar refractivity (Wildman–Crippen MR) is 217 cm³/mol. The topological polar surface area (TPSA) is 175 Å². The molecule has 57 heavy (non-hydrogen) atoms. The summed E-state index contributed by atoms with van der Waals surface area (Å²) in [6, 6.07) is 21.7. The Kier molecular flexibility index (Phi) is 11.9. The summed E-state index contributed by atoms with van der Waals surface area (Å²) in [6.45, 7) is 3.23. The number of likely N-dealkylation sites (tertiary alicyclic amines) is 1. The van der Waals surface area contributed by atoms with Crippen LogP contribution in [0, 0.1) is 0 Å². The molecular weight excluding hydrogens is 745 g/mol. The fourth-order valence-electron chi connectivity index (χ4n) is 7.14. The van der Waals surface area contributed by atoms with Crippen LogP contribution in [-0.2, 0) is 25.6 Å². The fraction of sp³-hybridized carbons (Fsp3) is 0.286. The molecule has 1 aliphatic rings. The number of imidazole rings is 2. The first-order valence-corrected chi connectivity index (χ1v) is 19.7. The predicted octanol–water partition coefficient (Wildman–Crippen LogP) is 7.20. The summed E-state index contributed by atoms with van der Waals surface area (Å²) in [4.78, 5) is 69.6. The lowest BCUT2D eigenvalue weighted by Crippen LogP contribution is -2.42. The summed E-state index contributed by atoms with van der Waals surface area (Å²) in [7, 11) is 2.54. The zero-order chi connectivity index (χ0) is 39.9. The highest BCUT2D eigenvalue weighted by molar-refractivity contribution is 7.08. The van der Waals surface area contributed by atoms with Crippen molar-refractivity contribution in [2.24, 2.45) is 0 Å². The first-order valence-electron chi connectivity index (χ1n) is 18.7. The van der Waals surface area contributed by atoms with Crippen LogP contribution >= 0.6 is 11.3 Å². The van der Waals surface area contributed by atoms with Gasteiger partial charge in [-0.15, -0.1) is 0 Å². The van der Waals surface area contributed by atoms with Gasteiger partial charge < -0.3 is 39.9 Å². The van der Waals surface area contributed by atoms with Crippen molar-refractivity contribution in [3.63, 3.8) is 0 Å². The molecule has 15 heteroatoms. The summed E-state index contributed by atoms with van der Waals surface area (Å²) < 4.78 is 9.38. The lowest BCUT2D eigenvalue weighted by atomic mass is 9.98. The number of hydrogen-bond donors (Lipinski definition) is 4. The molecular formula is C42H44N8O6S. The third kappa shape index (κ3) is 8.83. The molecule has 4 heterocycles. The van der Waals surface area contributed by atoms with Crippen LogP contribution in [-0.4, -0.2) is 87.6 Å². The number of nitrogens with zero attached hydrogens (tertiary/aromatic N) is 4. The number of methoxy groups -OCH3 is 2. The minimum Gasteiger partial charge on any atom is -0.453 e. The number of rotatable bonds is 13. The molecule has 0 aliphatic carbocycles. The van der Waals surface area contributed by atoms with Gasteiger partial charge in [-0.2, -0.15) is 11.3 Å². The number of nitrogens with one attached hydrogen (secondary N) is 4. The van der Waals surface area contributed by atoms with Crippen molar-refractivity contribution >= 4 is 46.1 Å². The van der Waals surface area contributed by atoms with E-state index in [0.29, 0.717) is 31.3 Å². The Morgan fingerprint density at radius 1 is 0.877 bits per heavy atom. The molecule has 3 aromatic heterocycles. The van der Waals surface area contributed by atoms with Crippen LogP contribution in [0.5, 0.6) is 0 Å². The largest absolute Gasteiger partial charge is 0.453 e. The normalized spacial score (nSPS) is 14.3. The number of fused-ring (bicyclic) bond motifs is 1. The maximum atomic E-state index is 13.8. The number of thiophene rings is 1. The van der Waals surface area contributed by atoms with Crippen LogP contribution in [0.2, 0.25) is 0 Å². The second kappa shape index (κ2) is 17.5. The van der Waals surface area contributed by atoms with E-state index < -0.39 is 18.2 Å². The van der Waals surface area contributed by atoms with Gasteiger partial charge >= 0.3 is 12.2 Å². The van der Waals surface area contributed by atoms with Crippen LogP contribution in [0.15, 0.2) is 89.9 Å². The van der Waals surface area contributed by atoms with Crippen LogP contribution in [0.4, 0.5) is 9.59 Å². The summed E-state index contributed by atoms with van der Waals surface area (Å²) in [5.41, 5.74) is 6.52. The monoisotopic (exact) mass is 788 g/mol. The molecule has 4 amide bonds. The van der Waals surface area contributed by atoms with Gasteiger partial charge in [-0.05, 0) is 81.2 Å². The van der Waals surface area contributed by atoms with Crippen LogP contribution < -0.4 is 10.6 Å². The van der Waals surface area contributed by atoms with E-state index in [9.17, 15) is 19.2 Å². The van der Waals surface area contributed by atoms with E-state index in [4.69, 9.17) is 9.72 Å². The van der Waals surface area contributed by atoms with E-state index in [2.05, 4.69) is 91.0 Å². The molecule has 1 fully saturated rings. The zero-order valence-corrected chi connectivity index (χ0v) is 32.7. The zero-order valence-electron chi connectivity index (χ0n) is 31.9. The third-order valence-electron chi connectivity index (χ3n) is 10.1. The van der Waals surface area contributed by atoms with E-state index in [-0.39, 0.29) is 24.4 Å². The molecule has 0 bridgehead atoms. The summed E-state index contributed by atoms with van der Waals surface area (Å²) in [5.74, 6) is 0.946. The number of carbonyl (C=O) groups is 4. The van der Waals surface area contributed by atoms with Crippen molar-refractivity contribution in [1.82, 2.24) is 40.4 Å². The van der Waals surface area contributed by atoms with Gasteiger partial charge in [-0.1, -0.05) is 55.5 Å². The van der Waals surface area contributed by atoms with Crippen molar-refractivity contribution in [3.8, 4) is 33.6 Å². The number of benzene rings is 3. The van der Waals surface area contributed by atoms with Gasteiger partial charge in [0.05, 0.1) is 50.6 Å². The first-order chi connectivity index (χ1) is 27.7. The van der Waals surface area contributed by atoms with Crippen LogP contribution in [0.3, 0.4) is 0 Å². The van der Waals surface area contributed by atoms with E-state index in [1.165, 1.54) is 25.6 Å². The van der Waals surface area contributed by atoms with E-state index >= 15 is 0 Å². The van der Waals surface area contributed by atoms with Gasteiger partial charge in [0.15, 0.2) is 0 Å². The highest BCUT2D eigenvalue weighted by Crippen LogP contribution is 2.35. The number of H-pyrrole nitrogens is 2. The molecule has 0 saturated carbocycles. The summed E-state index contributed by atoms with van der Waals surface area (Å²) in [6.07, 6.45) is 4.62. The van der Waals surface area contributed by atoms with Crippen molar-refractivity contribution in [2.75, 3.05) is 33.9 Å². The van der Waals surface area contributed by atoms with Gasteiger partial charge in [-0.3, -0.25) is 9.59 Å². The third-order valence-corrected chi connectivity index (χ3v) is 10.8. The molecule has 7 rings (SSSR count). The minimum atomic E-state index is -0.842. The average Bonchev–Trinajstić information content (AvgIpc) is 4.09. The summed E-state index contributed by atoms with van der Waals surface area (Å²) >= 11 is 1.46. The maximum Gasteiger partial charge on any atom is 0.407 e. The highest BCUT2D eigenvalue weighted by Gasteiger charge is 2.37. The number of aromatic nitrogens is 4. The molecule has 0 radical (unpaired) electrons. The molecule has 14 nitrogen and oxygen atoms in total. The number of ether oxygens (including phenoxy) is 2. The molecule has 4 N–H and O–H groups in total. The Hall–Kier alpha value is -6.48. The maximum absolute atomic E-state index is 13.8. The number of carbonyl (C=O) groups excluding carboxylic acids is 4. The number of alkyl carbamates (subject to hydrolysis) is 2. The molecule has 6 aromatic rings. The van der Waals surface area contributed by atoms with E-state index in [1.807, 2.05) is 23.8 Å². The van der Waals surface area contributed by atoms with Crippen LogP contribution in [0.1, 0.15) is 55.5 Å². The standard InChI is InChI=1S/C42H44N8O6S/c1-4-16-49(37(51)23-45-41(53)55-2)24-36-43-21-34(46-36)31-14-13-29-19-28(11-12-30(29)20-31)26-7-9-27(10-8-26)33-22-44-39(47-33)35-6-5-17-50(35)40(52)38(48-42(54)56-3)32-15-18-57-25-32/h7-15,18-22,25,35,38H,4-6,16-17,23-24H2,1-3H3,(H,43,46)(H,44,47)(H,45,53)(H,48,54)/t35-,38+/m0/s1. The van der Waals surface area contributed by atoms with Gasteiger partial charge in [0, 0.05) is 18.7 Å². The van der Waals surface area contributed by atoms with Crippen molar-refractivity contribution < 1.29 is 28.7 Å². The molecule has 3 aromatic carbocycles. The van der Waals surface area contributed by atoms with Gasteiger partial charge in [0.1, 0.15) is 24.2 Å². The fourth-order valence-corrected chi connectivity index (χ4v) is 7.82. The van der Waals surface area contributed by atoms with Crippen molar-refractivity contribution in [2.45, 2.75) is 44.8 Å². The summed E-state index contributed by atoms with van der Waals surface area (Å²) in [5, 5.41) is 11.1. The number of hydrogen-bond acceptors (Lipinski definition) is 9. The Morgan fingerprint density at radius 2 is 1.56 bits per heavy atom. The molecule has 2 atom stereocenters. The Labute approximate surface area is 333 Å². The van der Waals surface area contributed by atoms with Crippen molar-refractivity contribution in [1.29, 1.82) is 0 Å². The lowest BCUT2D eigenvalue weighted by molar-refractivity contribution is -0.134. The highest BCUT2D eigenvalue weighted by atomic mass is 32.1. The second-order valence-corrected chi connectivity index (χ2v) is 14.5. The number of aromatic amines is 2. The van der Waals surface area contributed by atoms with Gasteiger partial charge in [-0.25, -0.2) is 19.6 Å². The van der Waals surface area contributed by atoms with E-state index in [0.717, 1.165) is 69.2 Å². The molecule has 0 unspecified atom stereocenters. The van der Waals surface area contributed by atoms with Crippen molar-refractivity contribution in [3.05, 3.63) is 107 Å². The van der Waals surface area contributed by atoms with E-state index in [1.54, 1.807) is 22.2 Å². The number of amides is 4. The SMILES string of the molecule is CCCN(Cc1ncc(-c2ccc3cc(-c4ccc(-c5cnc([C@@H]6CCCN6C(=O)[C@H](NC(=O)OC)c6ccsc6)[nH]5)cc4)ccc3c2)[nH]1)C(=O)CNC(=O)OC. The molecule has 1 saturated heterocycles.